The Morgan fingerprint density at radius 2 is 2.04 bits per heavy atom. The zero-order valence-corrected chi connectivity index (χ0v) is 15.4. The van der Waals surface area contributed by atoms with Gasteiger partial charge in [-0.05, 0) is 57.0 Å². The fourth-order valence-corrected chi connectivity index (χ4v) is 3.72. The first-order valence-electron chi connectivity index (χ1n) is 9.29. The number of fused-ring (bicyclic) bond motifs is 1. The smallest absolute Gasteiger partial charge is 0.200 e. The zero-order valence-electron chi connectivity index (χ0n) is 15.4. The van der Waals surface area contributed by atoms with Gasteiger partial charge in [-0.1, -0.05) is 12.5 Å². The number of likely N-dealkylation sites (tertiary alicyclic amines) is 1. The van der Waals surface area contributed by atoms with Gasteiger partial charge < -0.3 is 5.32 Å². The third kappa shape index (κ3) is 3.26. The van der Waals surface area contributed by atoms with E-state index in [-0.39, 0.29) is 0 Å². The van der Waals surface area contributed by atoms with Crippen LogP contribution in [-0.4, -0.2) is 49.3 Å². The van der Waals surface area contributed by atoms with E-state index in [1.165, 1.54) is 24.8 Å². The van der Waals surface area contributed by atoms with Crippen molar-refractivity contribution in [1.29, 1.82) is 0 Å². The number of nitrogens with one attached hydrogen (secondary N) is 1. The van der Waals surface area contributed by atoms with Crippen LogP contribution in [0, 0.1) is 13.8 Å². The molecular formula is C19H25N7. The number of aromatic nitrogens is 5. The second-order valence-corrected chi connectivity index (χ2v) is 6.96. The van der Waals surface area contributed by atoms with Gasteiger partial charge in [0.2, 0.25) is 5.65 Å². The highest BCUT2D eigenvalue weighted by molar-refractivity contribution is 5.71. The van der Waals surface area contributed by atoms with Crippen molar-refractivity contribution >= 4 is 11.3 Å². The van der Waals surface area contributed by atoms with Crippen LogP contribution < -0.4 is 5.32 Å². The van der Waals surface area contributed by atoms with Gasteiger partial charge in [-0.15, -0.1) is 10.2 Å². The maximum absolute atomic E-state index is 4.50. The first-order valence-corrected chi connectivity index (χ1v) is 9.29. The lowest BCUT2D eigenvalue weighted by Crippen LogP contribution is -2.37. The van der Waals surface area contributed by atoms with Crippen LogP contribution in [0.5, 0.6) is 0 Å². The minimum absolute atomic E-state index is 0.292. The number of pyridine rings is 1. The minimum atomic E-state index is 0.292. The molecule has 1 aliphatic heterocycles. The van der Waals surface area contributed by atoms with Gasteiger partial charge in [-0.3, -0.25) is 9.88 Å². The van der Waals surface area contributed by atoms with Crippen molar-refractivity contribution < 1.29 is 0 Å². The average molecular weight is 351 g/mol. The fourth-order valence-electron chi connectivity index (χ4n) is 3.72. The normalized spacial score (nSPS) is 16.7. The van der Waals surface area contributed by atoms with E-state index in [2.05, 4.69) is 43.5 Å². The second-order valence-electron chi connectivity index (χ2n) is 6.96. The van der Waals surface area contributed by atoms with Gasteiger partial charge in [0.05, 0.1) is 17.4 Å². The number of piperidine rings is 1. The summed E-state index contributed by atoms with van der Waals surface area (Å²) in [5.74, 6) is 0. The minimum Gasteiger partial charge on any atom is -0.380 e. The number of rotatable bonds is 5. The standard InChI is InChI=1S/C19H25N7/c1-14-15(2)24-26-13-22-23-19(26)18(14)21-12-17(16-7-6-8-20-11-16)25-9-4-3-5-10-25/h6-8,11,13,17,21H,3-5,9-10,12H2,1-2H3. The summed E-state index contributed by atoms with van der Waals surface area (Å²) < 4.78 is 1.74. The Morgan fingerprint density at radius 1 is 1.19 bits per heavy atom. The lowest BCUT2D eigenvalue weighted by atomic mass is 10.0. The van der Waals surface area contributed by atoms with Gasteiger partial charge in [-0.2, -0.15) is 9.61 Å². The van der Waals surface area contributed by atoms with Crippen molar-refractivity contribution in [2.24, 2.45) is 0 Å². The predicted octanol–water partition coefficient (Wildman–Crippen LogP) is 2.78. The molecule has 7 nitrogen and oxygen atoms in total. The van der Waals surface area contributed by atoms with Gasteiger partial charge in [0.1, 0.15) is 6.33 Å². The van der Waals surface area contributed by atoms with E-state index in [9.17, 15) is 0 Å². The second kappa shape index (κ2) is 7.37. The van der Waals surface area contributed by atoms with Gasteiger partial charge in [0.25, 0.3) is 0 Å². The molecule has 1 N–H and O–H groups in total. The molecule has 26 heavy (non-hydrogen) atoms. The number of hydrogen-bond donors (Lipinski definition) is 1. The highest BCUT2D eigenvalue weighted by Gasteiger charge is 2.23. The Balaban J connectivity index is 1.63. The molecule has 7 heteroatoms. The predicted molar refractivity (Wildman–Crippen MR) is 101 cm³/mol. The zero-order chi connectivity index (χ0) is 17.9. The summed E-state index contributed by atoms with van der Waals surface area (Å²) in [5, 5.41) is 16.4. The maximum atomic E-state index is 4.50. The van der Waals surface area contributed by atoms with Crippen LogP contribution in [0.25, 0.3) is 5.65 Å². The molecule has 0 amide bonds. The van der Waals surface area contributed by atoms with E-state index < -0.39 is 0 Å². The number of nitrogens with zero attached hydrogens (tertiary/aromatic N) is 6. The van der Waals surface area contributed by atoms with Crippen molar-refractivity contribution in [3.8, 4) is 0 Å². The highest BCUT2D eigenvalue weighted by atomic mass is 15.3. The van der Waals surface area contributed by atoms with Gasteiger partial charge >= 0.3 is 0 Å². The number of aryl methyl sites for hydroxylation is 1. The Bertz CT molecular complexity index is 868. The molecule has 1 fully saturated rings. The number of anilines is 1. The maximum Gasteiger partial charge on any atom is 0.200 e. The molecule has 3 aromatic rings. The van der Waals surface area contributed by atoms with E-state index in [1.54, 1.807) is 10.8 Å². The first kappa shape index (κ1) is 16.9. The lowest BCUT2D eigenvalue weighted by Gasteiger charge is -2.35. The van der Waals surface area contributed by atoms with Crippen LogP contribution in [-0.2, 0) is 0 Å². The van der Waals surface area contributed by atoms with Crippen molar-refractivity contribution in [3.63, 3.8) is 0 Å². The third-order valence-electron chi connectivity index (χ3n) is 5.30. The fraction of sp³-hybridized carbons (Fsp3) is 0.474. The summed E-state index contributed by atoms with van der Waals surface area (Å²) in [6.45, 7) is 7.17. The molecule has 0 aromatic carbocycles. The van der Waals surface area contributed by atoms with Crippen molar-refractivity contribution in [2.45, 2.75) is 39.2 Å². The summed E-state index contributed by atoms with van der Waals surface area (Å²) in [5.41, 5.74) is 5.14. The molecule has 0 saturated carbocycles. The van der Waals surface area contributed by atoms with Crippen LogP contribution >= 0.6 is 0 Å². The van der Waals surface area contributed by atoms with Crippen LogP contribution in [0.3, 0.4) is 0 Å². The van der Waals surface area contributed by atoms with E-state index in [1.807, 2.05) is 25.4 Å². The summed E-state index contributed by atoms with van der Waals surface area (Å²) in [7, 11) is 0. The van der Waals surface area contributed by atoms with Crippen LogP contribution in [0.1, 0.15) is 42.1 Å². The quantitative estimate of drug-likeness (QED) is 0.762. The Kier molecular flexibility index (Phi) is 4.79. The van der Waals surface area contributed by atoms with Gasteiger partial charge in [0.15, 0.2) is 0 Å². The molecule has 136 valence electrons. The topological polar surface area (TPSA) is 71.2 Å². The van der Waals surface area contributed by atoms with E-state index >= 15 is 0 Å². The van der Waals surface area contributed by atoms with Crippen molar-refractivity contribution in [2.75, 3.05) is 25.0 Å². The molecular weight excluding hydrogens is 326 g/mol. The summed E-state index contributed by atoms with van der Waals surface area (Å²) in [6, 6.07) is 4.48. The Hall–Kier alpha value is -2.54. The summed E-state index contributed by atoms with van der Waals surface area (Å²) in [4.78, 5) is 6.91. The molecule has 0 aliphatic carbocycles. The molecule has 0 spiro atoms. The van der Waals surface area contributed by atoms with Crippen molar-refractivity contribution in [1.82, 2.24) is 29.7 Å². The van der Waals surface area contributed by atoms with Gasteiger partial charge in [0, 0.05) is 18.9 Å². The first-order chi connectivity index (χ1) is 12.7. The summed E-state index contributed by atoms with van der Waals surface area (Å²) in [6.07, 6.45) is 9.32. The number of hydrogen-bond acceptors (Lipinski definition) is 6. The highest BCUT2D eigenvalue weighted by Crippen LogP contribution is 2.27. The van der Waals surface area contributed by atoms with E-state index in [4.69, 9.17) is 0 Å². The molecule has 1 aliphatic rings. The average Bonchev–Trinajstić information content (AvgIpc) is 3.14. The van der Waals surface area contributed by atoms with Crippen LogP contribution in [0.15, 0.2) is 30.9 Å². The summed E-state index contributed by atoms with van der Waals surface area (Å²) >= 11 is 0. The molecule has 1 unspecified atom stereocenters. The van der Waals surface area contributed by atoms with E-state index in [0.717, 1.165) is 42.2 Å². The SMILES string of the molecule is Cc1nn2cnnc2c(NCC(c2cccnc2)N2CCCCC2)c1C. The third-order valence-corrected chi connectivity index (χ3v) is 5.30. The Labute approximate surface area is 153 Å². The molecule has 1 saturated heterocycles. The molecule has 4 heterocycles. The monoisotopic (exact) mass is 351 g/mol. The molecule has 0 radical (unpaired) electrons. The molecule has 0 bridgehead atoms. The lowest BCUT2D eigenvalue weighted by molar-refractivity contribution is 0.170. The van der Waals surface area contributed by atoms with Crippen LogP contribution in [0.2, 0.25) is 0 Å². The Morgan fingerprint density at radius 3 is 2.81 bits per heavy atom. The molecule has 4 rings (SSSR count). The van der Waals surface area contributed by atoms with Crippen molar-refractivity contribution in [3.05, 3.63) is 47.7 Å². The van der Waals surface area contributed by atoms with E-state index in [0.29, 0.717) is 6.04 Å². The molecule has 1 atom stereocenters. The van der Waals surface area contributed by atoms with Crippen LogP contribution in [0.4, 0.5) is 5.69 Å². The van der Waals surface area contributed by atoms with Gasteiger partial charge in [-0.25, -0.2) is 0 Å². The largest absolute Gasteiger partial charge is 0.380 e. The molecule has 3 aromatic heterocycles.